The third-order valence-electron chi connectivity index (χ3n) is 4.27. The molecule has 3 rings (SSSR count). The van der Waals surface area contributed by atoms with Gasteiger partial charge in [-0.15, -0.1) is 0 Å². The molecule has 2 aromatic rings. The Bertz CT molecular complexity index is 1030. The Kier molecular flexibility index (Phi) is 7.10. The van der Waals surface area contributed by atoms with Gasteiger partial charge in [-0.25, -0.2) is 9.32 Å². The van der Waals surface area contributed by atoms with Gasteiger partial charge in [0.2, 0.25) is 5.91 Å². The molecule has 160 valence electrons. The van der Waals surface area contributed by atoms with E-state index in [-0.39, 0.29) is 24.4 Å². The predicted octanol–water partition coefficient (Wildman–Crippen LogP) is 1.41. The molecule has 1 saturated heterocycles. The minimum atomic E-state index is -4.24. The molecule has 11 heteroatoms. The molecule has 2 unspecified atom stereocenters. The second kappa shape index (κ2) is 9.58. The number of hydrogen-bond donors (Lipinski definition) is 3. The van der Waals surface area contributed by atoms with E-state index >= 15 is 0 Å². The first-order valence-corrected chi connectivity index (χ1v) is 11.2. The fourth-order valence-electron chi connectivity index (χ4n) is 2.87. The zero-order valence-electron chi connectivity index (χ0n) is 15.7. The van der Waals surface area contributed by atoms with Crippen molar-refractivity contribution in [3.8, 4) is 5.75 Å². The zero-order valence-corrected chi connectivity index (χ0v) is 17.3. The third-order valence-corrected chi connectivity index (χ3v) is 5.75. The molecule has 9 nitrogen and oxygen atoms in total. The first kappa shape index (κ1) is 22.2. The van der Waals surface area contributed by atoms with Crippen LogP contribution in [0.3, 0.4) is 0 Å². The average Bonchev–Trinajstić information content (AvgIpc) is 3.02. The molecule has 0 aliphatic carbocycles. The van der Waals surface area contributed by atoms with Gasteiger partial charge in [0.1, 0.15) is 18.5 Å². The maximum atomic E-state index is 11.7. The molecule has 0 saturated carbocycles. The highest BCUT2D eigenvalue weighted by atomic mass is 32.2. The minimum Gasteiger partial charge on any atom is -0.490 e. The van der Waals surface area contributed by atoms with Crippen LogP contribution in [0.5, 0.6) is 5.75 Å². The number of rotatable bonds is 9. The lowest BCUT2D eigenvalue weighted by atomic mass is 10.1. The summed E-state index contributed by atoms with van der Waals surface area (Å²) in [6.07, 6.45) is -0.607. The van der Waals surface area contributed by atoms with Crippen LogP contribution in [0.4, 0.5) is 4.79 Å². The summed E-state index contributed by atoms with van der Waals surface area (Å²) in [6.45, 7) is -0.346. The van der Waals surface area contributed by atoms with E-state index in [4.69, 9.17) is 14.1 Å². The number of carbonyl (C=O) groups is 2. The molecule has 1 aliphatic rings. The van der Waals surface area contributed by atoms with Crippen molar-refractivity contribution in [2.24, 2.45) is 5.14 Å². The Morgan fingerprint density at radius 3 is 2.47 bits per heavy atom. The third kappa shape index (κ3) is 6.28. The van der Waals surface area contributed by atoms with Crippen molar-refractivity contribution in [2.45, 2.75) is 24.4 Å². The quantitative estimate of drug-likeness (QED) is 0.518. The highest BCUT2D eigenvalue weighted by molar-refractivity contribution is 8.15. The van der Waals surface area contributed by atoms with E-state index in [1.807, 2.05) is 0 Å². The zero-order chi connectivity index (χ0) is 21.7. The van der Waals surface area contributed by atoms with E-state index in [0.29, 0.717) is 23.3 Å². The smallest absolute Gasteiger partial charge is 0.333 e. The van der Waals surface area contributed by atoms with E-state index in [1.165, 1.54) is 0 Å². The molecular weight excluding hydrogens is 432 g/mol. The van der Waals surface area contributed by atoms with Crippen LogP contribution < -0.4 is 15.2 Å². The molecular formula is C19H20N2O7S2. The monoisotopic (exact) mass is 452 g/mol. The van der Waals surface area contributed by atoms with Crippen molar-refractivity contribution in [2.75, 3.05) is 6.61 Å². The lowest BCUT2D eigenvalue weighted by Crippen LogP contribution is -2.25. The van der Waals surface area contributed by atoms with Crippen molar-refractivity contribution in [3.63, 3.8) is 0 Å². The number of carbonyl (C=O) groups excluding carboxylic acids is 2. The molecule has 1 heterocycles. The lowest BCUT2D eigenvalue weighted by Gasteiger charge is -2.18. The molecule has 0 radical (unpaired) electrons. The number of benzene rings is 2. The van der Waals surface area contributed by atoms with Crippen LogP contribution in [0.2, 0.25) is 0 Å². The van der Waals surface area contributed by atoms with Crippen LogP contribution in [0.1, 0.15) is 22.8 Å². The van der Waals surface area contributed by atoms with Crippen molar-refractivity contribution < 1.29 is 32.0 Å². The SMILES string of the molecule is NS(=O)(=O)OC(COc1ccc(CC2SC(=O)NC2=O)cc1)c1cccc(CO)c1. The Labute approximate surface area is 177 Å². The Hall–Kier alpha value is -2.44. The first-order chi connectivity index (χ1) is 14.2. The van der Waals surface area contributed by atoms with E-state index in [2.05, 4.69) is 5.32 Å². The summed E-state index contributed by atoms with van der Waals surface area (Å²) >= 11 is 0.959. The van der Waals surface area contributed by atoms with Crippen LogP contribution in [0, 0.1) is 0 Å². The maximum Gasteiger partial charge on any atom is 0.333 e. The highest BCUT2D eigenvalue weighted by Crippen LogP contribution is 2.25. The topological polar surface area (TPSA) is 145 Å². The van der Waals surface area contributed by atoms with Gasteiger partial charge < -0.3 is 9.84 Å². The summed E-state index contributed by atoms with van der Waals surface area (Å²) < 4.78 is 33.5. The predicted molar refractivity (Wildman–Crippen MR) is 110 cm³/mol. The van der Waals surface area contributed by atoms with E-state index in [1.54, 1.807) is 48.5 Å². The molecule has 1 fully saturated rings. The Morgan fingerprint density at radius 1 is 1.13 bits per heavy atom. The standard InChI is InChI=1S/C19H20N2O7S2/c20-30(25,26)28-16(14-3-1-2-13(8-14)10-22)11-27-15-6-4-12(5-7-15)9-17-18(23)21-19(24)29-17/h1-8,16-17,22H,9-11H2,(H2,20,25,26)(H,21,23,24). The second-order valence-electron chi connectivity index (χ2n) is 6.52. The van der Waals surface area contributed by atoms with Crippen LogP contribution in [0.25, 0.3) is 0 Å². The van der Waals surface area contributed by atoms with Crippen LogP contribution in [-0.2, 0) is 32.3 Å². The molecule has 1 aliphatic heterocycles. The highest BCUT2D eigenvalue weighted by Gasteiger charge is 2.31. The number of nitrogens with one attached hydrogen (secondary N) is 1. The molecule has 2 aromatic carbocycles. The van der Waals surface area contributed by atoms with E-state index in [9.17, 15) is 23.1 Å². The van der Waals surface area contributed by atoms with Crippen molar-refractivity contribution >= 4 is 33.2 Å². The number of aliphatic hydroxyl groups excluding tert-OH is 1. The van der Waals surface area contributed by atoms with Gasteiger partial charge in [0, 0.05) is 0 Å². The van der Waals surface area contributed by atoms with Gasteiger partial charge in [-0.2, -0.15) is 8.42 Å². The summed E-state index contributed by atoms with van der Waals surface area (Å²) in [5.41, 5.74) is 1.92. The van der Waals surface area contributed by atoms with Gasteiger partial charge in [-0.3, -0.25) is 14.9 Å². The Balaban J connectivity index is 1.66. The largest absolute Gasteiger partial charge is 0.490 e. The summed E-state index contributed by atoms with van der Waals surface area (Å²) in [5, 5.41) is 15.7. The molecule has 4 N–H and O–H groups in total. The van der Waals surface area contributed by atoms with Crippen molar-refractivity contribution in [1.29, 1.82) is 0 Å². The lowest BCUT2D eigenvalue weighted by molar-refractivity contribution is -0.118. The van der Waals surface area contributed by atoms with Crippen LogP contribution >= 0.6 is 11.8 Å². The molecule has 0 bridgehead atoms. The fourth-order valence-corrected chi connectivity index (χ4v) is 4.22. The van der Waals surface area contributed by atoms with Crippen molar-refractivity contribution in [1.82, 2.24) is 5.32 Å². The number of imide groups is 1. The first-order valence-electron chi connectivity index (χ1n) is 8.87. The average molecular weight is 453 g/mol. The number of ether oxygens (including phenoxy) is 1. The number of nitrogens with two attached hydrogens (primary N) is 1. The maximum absolute atomic E-state index is 11.7. The number of thioether (sulfide) groups is 1. The molecule has 0 aromatic heterocycles. The van der Waals surface area contributed by atoms with Crippen LogP contribution in [-0.4, -0.2) is 36.5 Å². The molecule has 0 spiro atoms. The Morgan fingerprint density at radius 2 is 1.87 bits per heavy atom. The molecule has 30 heavy (non-hydrogen) atoms. The van der Waals surface area contributed by atoms with Gasteiger partial charge in [0.15, 0.2) is 0 Å². The van der Waals surface area contributed by atoms with Gasteiger partial charge in [-0.05, 0) is 35.2 Å². The second-order valence-corrected chi connectivity index (χ2v) is 8.88. The van der Waals surface area contributed by atoms with Gasteiger partial charge in [-0.1, -0.05) is 48.2 Å². The summed E-state index contributed by atoms with van der Waals surface area (Å²) in [5.74, 6) is 0.151. The fraction of sp³-hybridized carbons (Fsp3) is 0.263. The minimum absolute atomic E-state index is 0.139. The summed E-state index contributed by atoms with van der Waals surface area (Å²) in [6, 6.07) is 13.5. The summed E-state index contributed by atoms with van der Waals surface area (Å²) in [7, 11) is -4.24. The van der Waals surface area contributed by atoms with Crippen LogP contribution in [0.15, 0.2) is 48.5 Å². The molecule has 2 atom stereocenters. The number of amides is 2. The van der Waals surface area contributed by atoms with Gasteiger partial charge >= 0.3 is 10.3 Å². The molecule has 2 amide bonds. The van der Waals surface area contributed by atoms with Gasteiger partial charge in [0.05, 0.1) is 11.9 Å². The van der Waals surface area contributed by atoms with E-state index < -0.39 is 21.7 Å². The number of aliphatic hydroxyl groups is 1. The summed E-state index contributed by atoms with van der Waals surface area (Å²) in [4.78, 5) is 22.9. The van der Waals surface area contributed by atoms with Crippen molar-refractivity contribution in [3.05, 3.63) is 65.2 Å². The van der Waals surface area contributed by atoms with E-state index in [0.717, 1.165) is 17.3 Å². The van der Waals surface area contributed by atoms with Gasteiger partial charge in [0.25, 0.3) is 5.24 Å². The number of hydrogen-bond acceptors (Lipinski definition) is 8. The normalized spacial score (nSPS) is 17.6.